The van der Waals surface area contributed by atoms with Gasteiger partial charge in [-0.15, -0.1) is 0 Å². The Morgan fingerprint density at radius 3 is 2.52 bits per heavy atom. The van der Waals surface area contributed by atoms with Gasteiger partial charge in [0.1, 0.15) is 11.7 Å². The highest BCUT2D eigenvalue weighted by Gasteiger charge is 2.27. The fourth-order valence-electron chi connectivity index (χ4n) is 2.24. The van der Waals surface area contributed by atoms with Gasteiger partial charge in [-0.05, 0) is 33.8 Å². The Balaban J connectivity index is 1.82. The van der Waals surface area contributed by atoms with Crippen LogP contribution in [0.2, 0.25) is 0 Å². The van der Waals surface area contributed by atoms with E-state index in [1.165, 1.54) is 0 Å². The number of likely N-dealkylation sites (tertiary alicyclic amines) is 1. The quantitative estimate of drug-likeness (QED) is 0.840. The van der Waals surface area contributed by atoms with Gasteiger partial charge in [-0.2, -0.15) is 0 Å². The molecule has 0 saturated carbocycles. The molecule has 0 spiro atoms. The average Bonchev–Trinajstić information content (AvgIpc) is 2.37. The maximum absolute atomic E-state index is 12.0. The molecular weight excluding hydrogens is 268 g/mol. The van der Waals surface area contributed by atoms with E-state index >= 15 is 0 Å². The number of amides is 1. The highest BCUT2D eigenvalue weighted by Crippen LogP contribution is 2.19. The molecule has 1 aliphatic rings. The van der Waals surface area contributed by atoms with Crippen LogP contribution in [-0.2, 0) is 4.74 Å². The molecule has 5 nitrogen and oxygen atoms in total. The molecule has 5 heteroatoms. The number of pyridine rings is 1. The van der Waals surface area contributed by atoms with Crippen molar-refractivity contribution >= 4 is 6.09 Å². The van der Waals surface area contributed by atoms with Crippen molar-refractivity contribution in [3.63, 3.8) is 0 Å². The van der Waals surface area contributed by atoms with E-state index in [9.17, 15) is 4.79 Å². The molecule has 1 fully saturated rings. The Morgan fingerprint density at radius 2 is 1.95 bits per heavy atom. The van der Waals surface area contributed by atoms with Gasteiger partial charge in [-0.25, -0.2) is 9.78 Å². The molecule has 0 aliphatic carbocycles. The largest absolute Gasteiger partial charge is 0.474 e. The van der Waals surface area contributed by atoms with E-state index in [-0.39, 0.29) is 12.2 Å². The summed E-state index contributed by atoms with van der Waals surface area (Å²) in [5, 5.41) is 0. The number of rotatable bonds is 2. The van der Waals surface area contributed by atoms with E-state index in [0.717, 1.165) is 18.5 Å². The normalized spacial score (nSPS) is 16.7. The first kappa shape index (κ1) is 15.6. The fraction of sp³-hybridized carbons (Fsp3) is 0.625. The molecule has 0 aromatic carbocycles. The number of carbonyl (C=O) groups excluding carboxylic acids is 1. The van der Waals surface area contributed by atoms with Gasteiger partial charge in [-0.1, -0.05) is 6.07 Å². The first-order valence-electron chi connectivity index (χ1n) is 7.42. The van der Waals surface area contributed by atoms with Crippen molar-refractivity contribution in [3.05, 3.63) is 23.9 Å². The zero-order chi connectivity index (χ0) is 15.5. The number of hydrogen-bond donors (Lipinski definition) is 0. The Bertz CT molecular complexity index is 489. The van der Waals surface area contributed by atoms with Crippen LogP contribution in [-0.4, -0.2) is 40.8 Å². The van der Waals surface area contributed by atoms with Crippen LogP contribution in [0.4, 0.5) is 4.79 Å². The van der Waals surface area contributed by atoms with Crippen molar-refractivity contribution < 1.29 is 14.3 Å². The third kappa shape index (κ3) is 4.92. The average molecular weight is 292 g/mol. The highest BCUT2D eigenvalue weighted by molar-refractivity contribution is 5.68. The maximum Gasteiger partial charge on any atom is 0.410 e. The van der Waals surface area contributed by atoms with Crippen LogP contribution in [0.15, 0.2) is 18.2 Å². The van der Waals surface area contributed by atoms with E-state index in [1.807, 2.05) is 45.9 Å². The SMILES string of the molecule is Cc1cccc(OC2CCN(C(=O)OC(C)(C)C)CC2)n1. The molecule has 1 saturated heterocycles. The van der Waals surface area contributed by atoms with Crippen LogP contribution in [0.25, 0.3) is 0 Å². The number of aryl methyl sites for hydroxylation is 1. The molecule has 0 atom stereocenters. The summed E-state index contributed by atoms with van der Waals surface area (Å²) in [6, 6.07) is 5.75. The lowest BCUT2D eigenvalue weighted by atomic mass is 10.1. The van der Waals surface area contributed by atoms with E-state index in [2.05, 4.69) is 4.98 Å². The van der Waals surface area contributed by atoms with Crippen LogP contribution in [0.3, 0.4) is 0 Å². The number of aromatic nitrogens is 1. The molecule has 116 valence electrons. The lowest BCUT2D eigenvalue weighted by Crippen LogP contribution is -2.44. The first-order valence-corrected chi connectivity index (χ1v) is 7.42. The summed E-state index contributed by atoms with van der Waals surface area (Å²) in [7, 11) is 0. The summed E-state index contributed by atoms with van der Waals surface area (Å²) in [5.74, 6) is 0.658. The fourth-order valence-corrected chi connectivity index (χ4v) is 2.24. The summed E-state index contributed by atoms with van der Waals surface area (Å²) in [4.78, 5) is 18.1. The molecule has 2 rings (SSSR count). The minimum Gasteiger partial charge on any atom is -0.474 e. The maximum atomic E-state index is 12.0. The minimum absolute atomic E-state index is 0.109. The van der Waals surface area contributed by atoms with Crippen molar-refractivity contribution in [1.82, 2.24) is 9.88 Å². The van der Waals surface area contributed by atoms with Crippen LogP contribution >= 0.6 is 0 Å². The monoisotopic (exact) mass is 292 g/mol. The van der Waals surface area contributed by atoms with Gasteiger partial charge >= 0.3 is 6.09 Å². The second-order valence-electron chi connectivity index (χ2n) is 6.40. The molecule has 1 aliphatic heterocycles. The molecule has 0 unspecified atom stereocenters. The molecule has 0 bridgehead atoms. The second-order valence-corrected chi connectivity index (χ2v) is 6.40. The van der Waals surface area contributed by atoms with Gasteiger partial charge in [-0.3, -0.25) is 0 Å². The lowest BCUT2D eigenvalue weighted by Gasteiger charge is -2.33. The third-order valence-corrected chi connectivity index (χ3v) is 3.24. The Morgan fingerprint density at radius 1 is 1.29 bits per heavy atom. The molecule has 1 aromatic heterocycles. The number of hydrogen-bond acceptors (Lipinski definition) is 4. The molecule has 1 aromatic rings. The molecular formula is C16H24N2O3. The van der Waals surface area contributed by atoms with Crippen molar-refractivity contribution in [2.75, 3.05) is 13.1 Å². The van der Waals surface area contributed by atoms with E-state index in [0.29, 0.717) is 19.0 Å². The van der Waals surface area contributed by atoms with Crippen LogP contribution in [0.1, 0.15) is 39.3 Å². The summed E-state index contributed by atoms with van der Waals surface area (Å²) in [6.45, 7) is 8.90. The van der Waals surface area contributed by atoms with Crippen LogP contribution in [0, 0.1) is 6.92 Å². The first-order chi connectivity index (χ1) is 9.83. The van der Waals surface area contributed by atoms with Gasteiger partial charge in [0.05, 0.1) is 0 Å². The molecule has 1 amide bonds. The van der Waals surface area contributed by atoms with Gasteiger partial charge in [0.2, 0.25) is 5.88 Å². The summed E-state index contributed by atoms with van der Waals surface area (Å²) >= 11 is 0. The van der Waals surface area contributed by atoms with E-state index < -0.39 is 5.60 Å². The molecule has 0 radical (unpaired) electrons. The van der Waals surface area contributed by atoms with Gasteiger partial charge in [0.15, 0.2) is 0 Å². The van der Waals surface area contributed by atoms with Crippen molar-refractivity contribution in [1.29, 1.82) is 0 Å². The Labute approximate surface area is 126 Å². The predicted octanol–water partition coefficient (Wildman–Crippen LogP) is 3.17. The van der Waals surface area contributed by atoms with Gasteiger partial charge < -0.3 is 14.4 Å². The zero-order valence-corrected chi connectivity index (χ0v) is 13.3. The van der Waals surface area contributed by atoms with Crippen molar-refractivity contribution in [2.45, 2.75) is 52.2 Å². The number of carbonyl (C=O) groups is 1. The van der Waals surface area contributed by atoms with Crippen molar-refractivity contribution in [3.8, 4) is 5.88 Å². The van der Waals surface area contributed by atoms with E-state index in [4.69, 9.17) is 9.47 Å². The van der Waals surface area contributed by atoms with Crippen LogP contribution < -0.4 is 4.74 Å². The van der Waals surface area contributed by atoms with Gasteiger partial charge in [0, 0.05) is 37.7 Å². The lowest BCUT2D eigenvalue weighted by molar-refractivity contribution is 0.0123. The predicted molar refractivity (Wildman–Crippen MR) is 80.4 cm³/mol. The topological polar surface area (TPSA) is 51.7 Å². The summed E-state index contributed by atoms with van der Waals surface area (Å²) in [5.41, 5.74) is 0.495. The number of nitrogens with zero attached hydrogens (tertiary/aromatic N) is 2. The van der Waals surface area contributed by atoms with Crippen LogP contribution in [0.5, 0.6) is 5.88 Å². The van der Waals surface area contributed by atoms with Gasteiger partial charge in [0.25, 0.3) is 0 Å². The molecule has 21 heavy (non-hydrogen) atoms. The zero-order valence-electron chi connectivity index (χ0n) is 13.3. The number of piperidine rings is 1. The molecule has 2 heterocycles. The standard InChI is InChI=1S/C16H24N2O3/c1-12-6-5-7-14(17-12)20-13-8-10-18(11-9-13)15(19)21-16(2,3)4/h5-7,13H,8-11H2,1-4H3. The third-order valence-electron chi connectivity index (χ3n) is 3.24. The minimum atomic E-state index is -0.448. The highest BCUT2D eigenvalue weighted by atomic mass is 16.6. The Kier molecular flexibility index (Phi) is 4.70. The summed E-state index contributed by atoms with van der Waals surface area (Å²) in [6.07, 6.45) is 1.47. The number of ether oxygens (including phenoxy) is 2. The van der Waals surface area contributed by atoms with Crippen molar-refractivity contribution in [2.24, 2.45) is 0 Å². The van der Waals surface area contributed by atoms with E-state index in [1.54, 1.807) is 4.90 Å². The Hall–Kier alpha value is -1.78. The second kappa shape index (κ2) is 6.33. The molecule has 0 N–H and O–H groups in total. The summed E-state index contributed by atoms with van der Waals surface area (Å²) < 4.78 is 11.3. The smallest absolute Gasteiger partial charge is 0.410 e.